The molecular weight excluding hydrogens is 300 g/mol. The molecule has 0 aliphatic rings. The van der Waals surface area contributed by atoms with Crippen LogP contribution < -0.4 is 0 Å². The van der Waals surface area contributed by atoms with E-state index in [0.717, 1.165) is 0 Å². The zero-order chi connectivity index (χ0) is 15.8. The summed E-state index contributed by atoms with van der Waals surface area (Å²) in [6, 6.07) is 1.43. The molecule has 2 nitrogen and oxygen atoms in total. The number of nitrogens with zero attached hydrogens (tertiary/aromatic N) is 1. The maximum absolute atomic E-state index is 12.7. The van der Waals surface area contributed by atoms with Crippen molar-refractivity contribution in [1.82, 2.24) is 4.98 Å². The lowest BCUT2D eigenvalue weighted by Gasteiger charge is -2.16. The van der Waals surface area contributed by atoms with Crippen molar-refractivity contribution >= 4 is 0 Å². The third-order valence-corrected chi connectivity index (χ3v) is 2.93. The molecule has 0 aliphatic heterocycles. The number of halogens is 6. The average Bonchev–Trinajstić information content (AvgIpc) is 2.89. The minimum absolute atomic E-state index is 0.0439. The van der Waals surface area contributed by atoms with Gasteiger partial charge in [0.2, 0.25) is 5.89 Å². The second kappa shape index (κ2) is 5.09. The molecule has 0 amide bonds. The standard InChI is InChI=1S/C13H9F6NO/c1-7(11-20-2-3-21-11)8-4-9(12(14,15)16)6-10(5-8)13(17,18)19/h2-7H,1H3. The van der Waals surface area contributed by atoms with Crippen molar-refractivity contribution in [3.63, 3.8) is 0 Å². The molecule has 0 aliphatic carbocycles. The van der Waals surface area contributed by atoms with E-state index in [1.54, 1.807) is 0 Å². The molecule has 0 N–H and O–H groups in total. The maximum atomic E-state index is 12.7. The molecule has 1 atom stereocenters. The number of alkyl halides is 6. The van der Waals surface area contributed by atoms with Gasteiger partial charge in [0.05, 0.1) is 23.2 Å². The molecule has 114 valence electrons. The van der Waals surface area contributed by atoms with Crippen molar-refractivity contribution in [1.29, 1.82) is 0 Å². The second-order valence-corrected chi connectivity index (χ2v) is 4.43. The lowest BCUT2D eigenvalue weighted by molar-refractivity contribution is -0.143. The SMILES string of the molecule is CC(c1cc(C(F)(F)F)cc(C(F)(F)F)c1)c1ncco1. The van der Waals surface area contributed by atoms with E-state index in [-0.39, 0.29) is 17.5 Å². The fraction of sp³-hybridized carbons (Fsp3) is 0.308. The van der Waals surface area contributed by atoms with Crippen molar-refractivity contribution in [3.05, 3.63) is 53.2 Å². The van der Waals surface area contributed by atoms with Crippen LogP contribution in [0.4, 0.5) is 26.3 Å². The summed E-state index contributed by atoms with van der Waals surface area (Å²) in [5.74, 6) is -0.786. The van der Waals surface area contributed by atoms with Crippen LogP contribution in [-0.4, -0.2) is 4.98 Å². The highest BCUT2D eigenvalue weighted by Gasteiger charge is 2.37. The van der Waals surface area contributed by atoms with Gasteiger partial charge in [0.15, 0.2) is 0 Å². The van der Waals surface area contributed by atoms with E-state index in [1.165, 1.54) is 19.4 Å². The molecule has 0 fully saturated rings. The van der Waals surface area contributed by atoms with Gasteiger partial charge in [-0.2, -0.15) is 26.3 Å². The molecular formula is C13H9F6NO. The van der Waals surface area contributed by atoms with Gasteiger partial charge in [0.25, 0.3) is 0 Å². The first-order valence-electron chi connectivity index (χ1n) is 5.78. The van der Waals surface area contributed by atoms with E-state index in [2.05, 4.69) is 4.98 Å². The molecule has 0 bridgehead atoms. The van der Waals surface area contributed by atoms with E-state index < -0.39 is 29.4 Å². The molecule has 0 saturated heterocycles. The highest BCUT2D eigenvalue weighted by molar-refractivity contribution is 5.37. The zero-order valence-electron chi connectivity index (χ0n) is 10.6. The zero-order valence-corrected chi connectivity index (χ0v) is 10.6. The van der Waals surface area contributed by atoms with E-state index in [9.17, 15) is 26.3 Å². The third-order valence-electron chi connectivity index (χ3n) is 2.93. The Morgan fingerprint density at radius 3 is 1.86 bits per heavy atom. The summed E-state index contributed by atoms with van der Waals surface area (Å²) in [5, 5.41) is 0. The van der Waals surface area contributed by atoms with Crippen molar-refractivity contribution in [2.45, 2.75) is 25.2 Å². The van der Waals surface area contributed by atoms with Crippen LogP contribution in [0.2, 0.25) is 0 Å². The van der Waals surface area contributed by atoms with Gasteiger partial charge < -0.3 is 4.42 Å². The molecule has 1 unspecified atom stereocenters. The van der Waals surface area contributed by atoms with Gasteiger partial charge in [-0.1, -0.05) is 0 Å². The van der Waals surface area contributed by atoms with Crippen LogP contribution >= 0.6 is 0 Å². The monoisotopic (exact) mass is 309 g/mol. The van der Waals surface area contributed by atoms with Crippen LogP contribution in [0.5, 0.6) is 0 Å². The highest BCUT2D eigenvalue weighted by Crippen LogP contribution is 2.38. The van der Waals surface area contributed by atoms with Gasteiger partial charge in [-0.15, -0.1) is 0 Å². The Hall–Kier alpha value is -1.99. The van der Waals surface area contributed by atoms with E-state index >= 15 is 0 Å². The van der Waals surface area contributed by atoms with Crippen molar-refractivity contribution in [2.75, 3.05) is 0 Å². The summed E-state index contributed by atoms with van der Waals surface area (Å²) in [4.78, 5) is 3.75. The minimum atomic E-state index is -4.87. The van der Waals surface area contributed by atoms with Crippen LogP contribution in [0.25, 0.3) is 0 Å². The summed E-state index contributed by atoms with van der Waals surface area (Å²) in [7, 11) is 0. The Balaban J connectivity index is 2.55. The molecule has 2 aromatic rings. The normalized spacial score (nSPS) is 14.2. The molecule has 8 heteroatoms. The first kappa shape index (κ1) is 15.4. The molecule has 0 radical (unpaired) electrons. The number of hydrogen-bond donors (Lipinski definition) is 0. The highest BCUT2D eigenvalue weighted by atomic mass is 19.4. The topological polar surface area (TPSA) is 26.0 Å². The van der Waals surface area contributed by atoms with Gasteiger partial charge in [-0.25, -0.2) is 4.98 Å². The first-order valence-corrected chi connectivity index (χ1v) is 5.78. The number of rotatable bonds is 2. The third kappa shape index (κ3) is 3.37. The molecule has 0 saturated carbocycles. The first-order chi connectivity index (χ1) is 9.59. The molecule has 1 heterocycles. The summed E-state index contributed by atoms with van der Waals surface area (Å²) in [6.45, 7) is 1.42. The predicted octanol–water partition coefficient (Wildman–Crippen LogP) is 4.86. The number of benzene rings is 1. The minimum Gasteiger partial charge on any atom is -0.448 e. The molecule has 0 spiro atoms. The fourth-order valence-corrected chi connectivity index (χ4v) is 1.82. The summed E-state index contributed by atoms with van der Waals surface area (Å²) in [6.07, 6.45) is -7.27. The fourth-order valence-electron chi connectivity index (χ4n) is 1.82. The number of oxazole rings is 1. The van der Waals surface area contributed by atoms with Crippen molar-refractivity contribution in [2.24, 2.45) is 0 Å². The van der Waals surface area contributed by atoms with E-state index in [0.29, 0.717) is 12.1 Å². The quantitative estimate of drug-likeness (QED) is 0.740. The smallest absolute Gasteiger partial charge is 0.416 e. The molecule has 2 rings (SSSR count). The van der Waals surface area contributed by atoms with Crippen LogP contribution in [0.3, 0.4) is 0 Å². The van der Waals surface area contributed by atoms with Crippen LogP contribution in [0.1, 0.15) is 35.4 Å². The second-order valence-electron chi connectivity index (χ2n) is 4.43. The largest absolute Gasteiger partial charge is 0.448 e. The molecule has 21 heavy (non-hydrogen) atoms. The van der Waals surface area contributed by atoms with Crippen molar-refractivity contribution in [3.8, 4) is 0 Å². The van der Waals surface area contributed by atoms with Gasteiger partial charge in [-0.05, 0) is 30.7 Å². The predicted molar refractivity (Wildman–Crippen MR) is 60.5 cm³/mol. The Morgan fingerprint density at radius 2 is 1.48 bits per heavy atom. The summed E-state index contributed by atoms with van der Waals surface area (Å²) < 4.78 is 81.3. The summed E-state index contributed by atoms with van der Waals surface area (Å²) >= 11 is 0. The Kier molecular flexibility index (Phi) is 3.73. The molecule has 1 aromatic heterocycles. The Bertz CT molecular complexity index is 582. The Morgan fingerprint density at radius 1 is 0.952 bits per heavy atom. The Labute approximate surface area is 115 Å². The lowest BCUT2D eigenvalue weighted by Crippen LogP contribution is -2.12. The van der Waals surface area contributed by atoms with E-state index in [1.807, 2.05) is 0 Å². The van der Waals surface area contributed by atoms with E-state index in [4.69, 9.17) is 4.42 Å². The maximum Gasteiger partial charge on any atom is 0.416 e. The van der Waals surface area contributed by atoms with Gasteiger partial charge in [-0.3, -0.25) is 0 Å². The summed E-state index contributed by atoms with van der Waals surface area (Å²) in [5.41, 5.74) is -2.88. The van der Waals surface area contributed by atoms with Crippen LogP contribution in [-0.2, 0) is 12.4 Å². The van der Waals surface area contributed by atoms with Crippen molar-refractivity contribution < 1.29 is 30.8 Å². The van der Waals surface area contributed by atoms with Gasteiger partial charge in [0.1, 0.15) is 6.26 Å². The number of hydrogen-bond acceptors (Lipinski definition) is 2. The van der Waals surface area contributed by atoms with Crippen LogP contribution in [0, 0.1) is 0 Å². The van der Waals surface area contributed by atoms with Gasteiger partial charge >= 0.3 is 12.4 Å². The van der Waals surface area contributed by atoms with Crippen LogP contribution in [0.15, 0.2) is 35.1 Å². The average molecular weight is 309 g/mol. The lowest BCUT2D eigenvalue weighted by atomic mass is 9.95. The van der Waals surface area contributed by atoms with Gasteiger partial charge in [0, 0.05) is 0 Å². The number of aromatic nitrogens is 1. The molecule has 1 aromatic carbocycles.